The summed E-state index contributed by atoms with van der Waals surface area (Å²) in [6.07, 6.45) is 2.17. The van der Waals surface area contributed by atoms with Crippen molar-refractivity contribution in [3.05, 3.63) is 23.8 Å². The van der Waals surface area contributed by atoms with Gasteiger partial charge in [-0.25, -0.2) is 0 Å². The number of nitrogens with two attached hydrogens (primary N) is 1. The van der Waals surface area contributed by atoms with E-state index in [1.165, 1.54) is 5.56 Å². The van der Waals surface area contributed by atoms with Gasteiger partial charge in [0.2, 0.25) is 0 Å². The highest BCUT2D eigenvalue weighted by molar-refractivity contribution is 5.43. The van der Waals surface area contributed by atoms with Crippen LogP contribution in [0.4, 0.5) is 0 Å². The van der Waals surface area contributed by atoms with Gasteiger partial charge >= 0.3 is 0 Å². The fourth-order valence-electron chi connectivity index (χ4n) is 3.17. The smallest absolute Gasteiger partial charge is 0.122 e. The number of ether oxygens (including phenoxy) is 3. The molecule has 1 aromatic rings. The molecule has 1 aromatic carbocycles. The molecule has 19 heavy (non-hydrogen) atoms. The molecule has 0 atom stereocenters. The van der Waals surface area contributed by atoms with Crippen molar-refractivity contribution in [2.45, 2.75) is 24.3 Å². The summed E-state index contributed by atoms with van der Waals surface area (Å²) in [5, 5.41) is 0. The molecule has 1 saturated carbocycles. The lowest BCUT2D eigenvalue weighted by Gasteiger charge is -2.53. The third-order valence-corrected chi connectivity index (χ3v) is 4.60. The molecule has 4 nitrogen and oxygen atoms in total. The summed E-state index contributed by atoms with van der Waals surface area (Å²) in [5.74, 6) is 2.29. The molecule has 0 amide bonds. The average molecular weight is 263 g/mol. The molecule has 1 aliphatic heterocycles. The van der Waals surface area contributed by atoms with Gasteiger partial charge in [0.05, 0.1) is 27.4 Å². The van der Waals surface area contributed by atoms with Gasteiger partial charge in [0.1, 0.15) is 11.5 Å². The molecule has 0 radical (unpaired) electrons. The Morgan fingerprint density at radius 2 is 1.68 bits per heavy atom. The molecule has 104 valence electrons. The second kappa shape index (κ2) is 4.69. The van der Waals surface area contributed by atoms with Gasteiger partial charge in [0, 0.05) is 17.5 Å². The first kappa shape index (κ1) is 12.8. The summed E-state index contributed by atoms with van der Waals surface area (Å²) in [6.45, 7) is 1.56. The number of hydrogen-bond donors (Lipinski definition) is 1. The average Bonchev–Trinajstić information content (AvgIpc) is 2.35. The van der Waals surface area contributed by atoms with Crippen molar-refractivity contribution in [1.82, 2.24) is 0 Å². The van der Waals surface area contributed by atoms with E-state index in [-0.39, 0.29) is 5.41 Å². The number of hydrogen-bond acceptors (Lipinski definition) is 4. The second-order valence-electron chi connectivity index (χ2n) is 5.68. The zero-order valence-corrected chi connectivity index (χ0v) is 11.5. The molecule has 0 bridgehead atoms. The van der Waals surface area contributed by atoms with Crippen LogP contribution in [0.5, 0.6) is 11.5 Å². The third kappa shape index (κ3) is 1.99. The molecule has 4 heteroatoms. The van der Waals surface area contributed by atoms with Gasteiger partial charge in [-0.05, 0) is 36.5 Å². The molecular weight excluding hydrogens is 242 g/mol. The monoisotopic (exact) mass is 263 g/mol. The van der Waals surface area contributed by atoms with E-state index >= 15 is 0 Å². The van der Waals surface area contributed by atoms with Crippen LogP contribution in [0.25, 0.3) is 0 Å². The molecule has 0 spiro atoms. The summed E-state index contributed by atoms with van der Waals surface area (Å²) in [4.78, 5) is 0. The zero-order valence-electron chi connectivity index (χ0n) is 11.5. The van der Waals surface area contributed by atoms with E-state index in [0.29, 0.717) is 12.0 Å². The van der Waals surface area contributed by atoms with E-state index in [1.54, 1.807) is 14.2 Å². The van der Waals surface area contributed by atoms with Crippen LogP contribution in [-0.2, 0) is 10.2 Å². The maximum atomic E-state index is 5.94. The quantitative estimate of drug-likeness (QED) is 0.898. The predicted octanol–water partition coefficient (Wildman–Crippen LogP) is 1.71. The Kier molecular flexibility index (Phi) is 3.15. The lowest BCUT2D eigenvalue weighted by molar-refractivity contribution is -0.111. The van der Waals surface area contributed by atoms with Gasteiger partial charge < -0.3 is 19.9 Å². The molecule has 1 aliphatic carbocycles. The van der Waals surface area contributed by atoms with E-state index in [9.17, 15) is 0 Å². The van der Waals surface area contributed by atoms with Gasteiger partial charge in [-0.15, -0.1) is 0 Å². The van der Waals surface area contributed by atoms with Crippen LogP contribution < -0.4 is 15.2 Å². The number of rotatable bonds is 4. The standard InChI is InChI=1S/C15H21NO3/c1-17-13-5-11(6-14(7-13)18-2)15(8-19-9-15)10-3-12(16)4-10/h5-7,10,12H,3-4,8-9,16H2,1-2H3. The summed E-state index contributed by atoms with van der Waals surface area (Å²) in [6, 6.07) is 6.47. The van der Waals surface area contributed by atoms with Crippen LogP contribution in [0.1, 0.15) is 18.4 Å². The van der Waals surface area contributed by atoms with Crippen LogP contribution in [0.2, 0.25) is 0 Å². The summed E-state index contributed by atoms with van der Waals surface area (Å²) >= 11 is 0. The Morgan fingerprint density at radius 3 is 2.05 bits per heavy atom. The third-order valence-electron chi connectivity index (χ3n) is 4.60. The zero-order chi connectivity index (χ0) is 13.5. The minimum Gasteiger partial charge on any atom is -0.497 e. The van der Waals surface area contributed by atoms with Crippen molar-refractivity contribution in [2.24, 2.45) is 11.7 Å². The van der Waals surface area contributed by atoms with Gasteiger partial charge in [-0.1, -0.05) is 0 Å². The lowest BCUT2D eigenvalue weighted by Crippen LogP contribution is -2.58. The van der Waals surface area contributed by atoms with Crippen molar-refractivity contribution in [1.29, 1.82) is 0 Å². The van der Waals surface area contributed by atoms with Crippen LogP contribution >= 0.6 is 0 Å². The van der Waals surface area contributed by atoms with E-state index in [4.69, 9.17) is 19.9 Å². The second-order valence-corrected chi connectivity index (χ2v) is 5.68. The number of benzene rings is 1. The summed E-state index contributed by atoms with van der Waals surface area (Å²) in [7, 11) is 3.36. The first-order valence-corrected chi connectivity index (χ1v) is 6.75. The van der Waals surface area contributed by atoms with E-state index in [2.05, 4.69) is 12.1 Å². The predicted molar refractivity (Wildman–Crippen MR) is 72.7 cm³/mol. The Hall–Kier alpha value is -1.26. The van der Waals surface area contributed by atoms with Gasteiger partial charge in [-0.2, -0.15) is 0 Å². The van der Waals surface area contributed by atoms with Gasteiger partial charge in [0.25, 0.3) is 0 Å². The van der Waals surface area contributed by atoms with E-state index in [1.807, 2.05) is 6.07 Å². The summed E-state index contributed by atoms with van der Waals surface area (Å²) < 4.78 is 16.2. The summed E-state index contributed by atoms with van der Waals surface area (Å²) in [5.41, 5.74) is 7.31. The Morgan fingerprint density at radius 1 is 1.11 bits per heavy atom. The minimum absolute atomic E-state index is 0.109. The Balaban J connectivity index is 1.94. The first-order chi connectivity index (χ1) is 9.18. The maximum absolute atomic E-state index is 5.94. The van der Waals surface area contributed by atoms with Gasteiger partial charge in [-0.3, -0.25) is 0 Å². The van der Waals surface area contributed by atoms with Crippen molar-refractivity contribution >= 4 is 0 Å². The Bertz CT molecular complexity index is 442. The molecule has 2 N–H and O–H groups in total. The van der Waals surface area contributed by atoms with Crippen molar-refractivity contribution < 1.29 is 14.2 Å². The van der Waals surface area contributed by atoms with Crippen LogP contribution in [-0.4, -0.2) is 33.5 Å². The Labute approximate surface area is 113 Å². The molecule has 1 saturated heterocycles. The molecule has 2 aliphatic rings. The highest BCUT2D eigenvalue weighted by atomic mass is 16.5. The largest absolute Gasteiger partial charge is 0.497 e. The lowest BCUT2D eigenvalue weighted by atomic mass is 9.59. The normalized spacial score (nSPS) is 28.2. The van der Waals surface area contributed by atoms with Crippen molar-refractivity contribution in [3.63, 3.8) is 0 Å². The van der Waals surface area contributed by atoms with Crippen molar-refractivity contribution in [2.75, 3.05) is 27.4 Å². The molecule has 0 aromatic heterocycles. The molecule has 1 heterocycles. The molecular formula is C15H21NO3. The van der Waals surface area contributed by atoms with Gasteiger partial charge in [0.15, 0.2) is 0 Å². The highest BCUT2D eigenvalue weighted by Crippen LogP contribution is 2.49. The maximum Gasteiger partial charge on any atom is 0.122 e. The minimum atomic E-state index is 0.109. The fraction of sp³-hybridized carbons (Fsp3) is 0.600. The van der Waals surface area contributed by atoms with E-state index < -0.39 is 0 Å². The SMILES string of the molecule is COc1cc(OC)cc(C2(C3CC(N)C3)COC2)c1. The fourth-order valence-corrected chi connectivity index (χ4v) is 3.17. The highest BCUT2D eigenvalue weighted by Gasteiger charge is 2.51. The molecule has 2 fully saturated rings. The topological polar surface area (TPSA) is 53.7 Å². The van der Waals surface area contributed by atoms with Crippen LogP contribution in [0.15, 0.2) is 18.2 Å². The van der Waals surface area contributed by atoms with Crippen LogP contribution in [0, 0.1) is 5.92 Å². The van der Waals surface area contributed by atoms with E-state index in [0.717, 1.165) is 37.6 Å². The number of methoxy groups -OCH3 is 2. The first-order valence-electron chi connectivity index (χ1n) is 6.75. The van der Waals surface area contributed by atoms with Crippen LogP contribution in [0.3, 0.4) is 0 Å². The molecule has 3 rings (SSSR count). The van der Waals surface area contributed by atoms with Crippen molar-refractivity contribution in [3.8, 4) is 11.5 Å². The molecule has 0 unspecified atom stereocenters.